The van der Waals surface area contributed by atoms with Gasteiger partial charge in [0, 0.05) is 25.4 Å². The summed E-state index contributed by atoms with van der Waals surface area (Å²) in [6.45, 7) is 5.98. The van der Waals surface area contributed by atoms with E-state index in [1.165, 1.54) is 0 Å². The molecule has 3 fully saturated rings. The Balaban J connectivity index is 1.71. The Hall–Kier alpha value is -1.28. The molecule has 2 aliphatic heterocycles. The molecule has 5 atom stereocenters. The van der Waals surface area contributed by atoms with Crippen molar-refractivity contribution in [1.29, 1.82) is 0 Å². The smallest absolute Gasteiger partial charge is 0.303 e. The minimum atomic E-state index is -1.43. The zero-order chi connectivity index (χ0) is 27.3. The molecule has 1 spiro atoms. The van der Waals surface area contributed by atoms with Crippen molar-refractivity contribution < 1.29 is 33.2 Å². The molecular formula is C31H51FO6. The molecule has 0 aromatic heterocycles. The molecule has 1 saturated carbocycles. The van der Waals surface area contributed by atoms with Gasteiger partial charge in [-0.05, 0) is 63.7 Å². The van der Waals surface area contributed by atoms with Gasteiger partial charge < -0.3 is 24.1 Å². The number of carboxylic acids is 1. The zero-order valence-electron chi connectivity index (χ0n) is 23.7. The van der Waals surface area contributed by atoms with Crippen LogP contribution in [-0.4, -0.2) is 54.7 Å². The Kier molecular flexibility index (Phi) is 13.2. The van der Waals surface area contributed by atoms with Crippen molar-refractivity contribution in [3.8, 4) is 0 Å². The van der Waals surface area contributed by atoms with E-state index in [4.69, 9.17) is 24.1 Å². The molecule has 3 rings (SSSR count). The Morgan fingerprint density at radius 2 is 1.89 bits per heavy atom. The summed E-state index contributed by atoms with van der Waals surface area (Å²) in [4.78, 5) is 10.8. The third-order valence-electron chi connectivity index (χ3n) is 8.53. The first kappa shape index (κ1) is 31.3. The Morgan fingerprint density at radius 3 is 2.58 bits per heavy atom. The molecule has 0 aromatic rings. The van der Waals surface area contributed by atoms with E-state index < -0.39 is 23.5 Å². The van der Waals surface area contributed by atoms with Crippen LogP contribution in [0.5, 0.6) is 0 Å². The standard InChI is InChI=1S/C31H51FO6/c1-3-5-6-12-20-30(32,4-2)27(38-29-16-11-13-22-35-29)18-17-25-19-21-31(36-23-24-37-31)26(25)14-9-7-8-10-15-28(33)34/h7-8,17-18,25-27,29H,3-6,9-16,19-24H2,1-2H3,(H,33,34)/b8-7-,18-17+. The third kappa shape index (κ3) is 9.14. The van der Waals surface area contributed by atoms with Crippen LogP contribution in [0.1, 0.15) is 110 Å². The van der Waals surface area contributed by atoms with Gasteiger partial charge in [-0.1, -0.05) is 63.8 Å². The number of unbranched alkanes of at least 4 members (excludes halogenated alkanes) is 3. The second-order valence-electron chi connectivity index (χ2n) is 11.2. The average Bonchev–Trinajstić information content (AvgIpc) is 3.53. The minimum Gasteiger partial charge on any atom is -0.481 e. The van der Waals surface area contributed by atoms with Gasteiger partial charge in [-0.3, -0.25) is 4.79 Å². The van der Waals surface area contributed by atoms with Gasteiger partial charge in [0.05, 0.1) is 13.2 Å². The summed E-state index contributed by atoms with van der Waals surface area (Å²) in [7, 11) is 0. The molecule has 7 heteroatoms. The van der Waals surface area contributed by atoms with E-state index >= 15 is 4.39 Å². The fourth-order valence-corrected chi connectivity index (χ4v) is 6.22. The predicted molar refractivity (Wildman–Crippen MR) is 147 cm³/mol. The van der Waals surface area contributed by atoms with Crippen molar-refractivity contribution in [3.05, 3.63) is 24.3 Å². The number of ether oxygens (including phenoxy) is 4. The second kappa shape index (κ2) is 16.1. The Morgan fingerprint density at radius 1 is 1.11 bits per heavy atom. The van der Waals surface area contributed by atoms with Crippen molar-refractivity contribution >= 4 is 5.97 Å². The molecule has 0 radical (unpaired) electrons. The first-order valence-corrected chi connectivity index (χ1v) is 15.2. The van der Waals surface area contributed by atoms with Crippen LogP contribution >= 0.6 is 0 Å². The number of hydrogen-bond acceptors (Lipinski definition) is 5. The van der Waals surface area contributed by atoms with E-state index in [0.29, 0.717) is 39.1 Å². The number of halogens is 1. The van der Waals surface area contributed by atoms with Gasteiger partial charge in [-0.2, -0.15) is 0 Å². The Bertz CT molecular complexity index is 743. The summed E-state index contributed by atoms with van der Waals surface area (Å²) in [6, 6.07) is 0. The summed E-state index contributed by atoms with van der Waals surface area (Å²) in [6.07, 6.45) is 19.3. The first-order valence-electron chi connectivity index (χ1n) is 15.2. The molecule has 218 valence electrons. The van der Waals surface area contributed by atoms with Gasteiger partial charge in [0.25, 0.3) is 0 Å². The number of alkyl halides is 1. The third-order valence-corrected chi connectivity index (χ3v) is 8.53. The van der Waals surface area contributed by atoms with Crippen LogP contribution in [0.3, 0.4) is 0 Å². The molecule has 1 aliphatic carbocycles. The SMILES string of the molecule is CCCCCCC(F)(CC)C(/C=C/C1CCC2(OCCO2)C1CC/C=C\CCC(=O)O)OC1CCCCO1. The highest BCUT2D eigenvalue weighted by Gasteiger charge is 2.51. The summed E-state index contributed by atoms with van der Waals surface area (Å²) >= 11 is 0. The summed E-state index contributed by atoms with van der Waals surface area (Å²) in [5.41, 5.74) is -1.43. The van der Waals surface area contributed by atoms with Crippen LogP contribution < -0.4 is 0 Å². The van der Waals surface area contributed by atoms with Crippen molar-refractivity contribution in [2.24, 2.45) is 11.8 Å². The molecule has 2 heterocycles. The van der Waals surface area contributed by atoms with Crippen LogP contribution in [0.25, 0.3) is 0 Å². The van der Waals surface area contributed by atoms with Crippen LogP contribution in [0, 0.1) is 11.8 Å². The van der Waals surface area contributed by atoms with E-state index in [1.54, 1.807) is 0 Å². The number of allylic oxidation sites excluding steroid dienone is 3. The van der Waals surface area contributed by atoms with Crippen LogP contribution in [0.15, 0.2) is 24.3 Å². The molecule has 3 aliphatic rings. The van der Waals surface area contributed by atoms with Crippen molar-refractivity contribution in [1.82, 2.24) is 0 Å². The second-order valence-corrected chi connectivity index (χ2v) is 11.2. The van der Waals surface area contributed by atoms with Gasteiger partial charge in [-0.25, -0.2) is 4.39 Å². The van der Waals surface area contributed by atoms with Crippen molar-refractivity contribution in [2.75, 3.05) is 19.8 Å². The highest BCUT2D eigenvalue weighted by Crippen LogP contribution is 2.49. The number of rotatable bonds is 17. The quantitative estimate of drug-likeness (QED) is 0.153. The molecule has 0 aromatic carbocycles. The molecule has 5 unspecified atom stereocenters. The van der Waals surface area contributed by atoms with E-state index in [1.807, 2.05) is 19.1 Å². The van der Waals surface area contributed by atoms with Crippen LogP contribution in [0.4, 0.5) is 4.39 Å². The topological polar surface area (TPSA) is 74.2 Å². The fourth-order valence-electron chi connectivity index (χ4n) is 6.22. The number of aliphatic carboxylic acids is 1. The molecule has 6 nitrogen and oxygen atoms in total. The molecular weight excluding hydrogens is 487 g/mol. The summed E-state index contributed by atoms with van der Waals surface area (Å²) in [5, 5.41) is 8.85. The highest BCUT2D eigenvalue weighted by atomic mass is 19.1. The maximum Gasteiger partial charge on any atom is 0.303 e. The van der Waals surface area contributed by atoms with Crippen molar-refractivity contribution in [3.63, 3.8) is 0 Å². The molecule has 2 saturated heterocycles. The number of hydrogen-bond donors (Lipinski definition) is 1. The van der Waals surface area contributed by atoms with Gasteiger partial charge in [0.1, 0.15) is 11.8 Å². The lowest BCUT2D eigenvalue weighted by Crippen LogP contribution is -2.42. The minimum absolute atomic E-state index is 0.147. The zero-order valence-corrected chi connectivity index (χ0v) is 23.7. The van der Waals surface area contributed by atoms with E-state index in [2.05, 4.69) is 19.1 Å². The first-order chi connectivity index (χ1) is 18.4. The number of carboxylic acid groups (broad SMARTS) is 1. The van der Waals surface area contributed by atoms with Gasteiger partial charge in [0.15, 0.2) is 12.1 Å². The molecule has 38 heavy (non-hydrogen) atoms. The molecule has 1 N–H and O–H groups in total. The van der Waals surface area contributed by atoms with Crippen LogP contribution in [-0.2, 0) is 23.7 Å². The molecule has 0 amide bonds. The van der Waals surface area contributed by atoms with E-state index in [0.717, 1.165) is 70.6 Å². The average molecular weight is 539 g/mol. The van der Waals surface area contributed by atoms with Gasteiger partial charge in [-0.15, -0.1) is 0 Å². The largest absolute Gasteiger partial charge is 0.481 e. The maximum absolute atomic E-state index is 16.5. The fraction of sp³-hybridized carbons (Fsp3) is 0.839. The van der Waals surface area contributed by atoms with Gasteiger partial charge in [0.2, 0.25) is 0 Å². The molecule has 0 bridgehead atoms. The van der Waals surface area contributed by atoms with Crippen molar-refractivity contribution in [2.45, 2.75) is 134 Å². The lowest BCUT2D eigenvalue weighted by molar-refractivity contribution is -0.204. The maximum atomic E-state index is 16.5. The van der Waals surface area contributed by atoms with Crippen LogP contribution in [0.2, 0.25) is 0 Å². The highest BCUT2D eigenvalue weighted by molar-refractivity contribution is 5.66. The Labute approximate surface area is 229 Å². The summed E-state index contributed by atoms with van der Waals surface area (Å²) < 4.78 is 41.0. The lowest BCUT2D eigenvalue weighted by atomic mass is 9.85. The van der Waals surface area contributed by atoms with E-state index in [-0.39, 0.29) is 24.5 Å². The predicted octanol–water partition coefficient (Wildman–Crippen LogP) is 7.51. The lowest BCUT2D eigenvalue weighted by Gasteiger charge is -2.35. The van der Waals surface area contributed by atoms with E-state index in [9.17, 15) is 4.79 Å². The summed E-state index contributed by atoms with van der Waals surface area (Å²) in [5.74, 6) is -0.971. The normalized spacial score (nSPS) is 27.9. The van der Waals surface area contributed by atoms with Gasteiger partial charge >= 0.3 is 5.97 Å². The monoisotopic (exact) mass is 538 g/mol. The number of carbonyl (C=O) groups is 1.